The third-order valence-electron chi connectivity index (χ3n) is 2.85. The van der Waals surface area contributed by atoms with Crippen LogP contribution in [-0.2, 0) is 14.3 Å². The third-order valence-corrected chi connectivity index (χ3v) is 4.55. The molecule has 0 aromatic carbocycles. The quantitative estimate of drug-likeness (QED) is 0.322. The molecule has 0 aliphatic heterocycles. The normalized spacial score (nSPS) is 11.8. The molecule has 0 fully saturated rings. The summed E-state index contributed by atoms with van der Waals surface area (Å²) in [5.41, 5.74) is 5.39. The van der Waals surface area contributed by atoms with Crippen molar-refractivity contribution in [2.45, 2.75) is 57.8 Å². The van der Waals surface area contributed by atoms with Crippen LogP contribution in [0.25, 0.3) is 0 Å². The van der Waals surface area contributed by atoms with Gasteiger partial charge in [0, 0.05) is 27.5 Å². The van der Waals surface area contributed by atoms with Gasteiger partial charge in [-0.1, -0.05) is 26.1 Å². The summed E-state index contributed by atoms with van der Waals surface area (Å²) in [6, 6.07) is 1.15. The van der Waals surface area contributed by atoms with Gasteiger partial charge in [0.25, 0.3) is 0 Å². The second-order valence-electron chi connectivity index (χ2n) is 6.13. The molecule has 4 nitrogen and oxygen atoms in total. The molecular weight excluding hydrogens is 258 g/mol. The molecule has 0 atom stereocenters. The zero-order valence-corrected chi connectivity index (χ0v) is 13.9. The predicted molar refractivity (Wildman–Crippen MR) is 82.1 cm³/mol. The number of carbonyl (C=O) groups excluding carboxylic acids is 1. The molecule has 0 aliphatic carbocycles. The van der Waals surface area contributed by atoms with Crippen molar-refractivity contribution in [3.63, 3.8) is 0 Å². The van der Waals surface area contributed by atoms with E-state index in [1.54, 1.807) is 0 Å². The molecule has 0 radical (unpaired) electrons. The topological polar surface area (TPSA) is 61.5 Å². The van der Waals surface area contributed by atoms with E-state index in [9.17, 15) is 4.79 Å². The summed E-state index contributed by atoms with van der Waals surface area (Å²) >= 11 is 0. The lowest BCUT2D eigenvalue weighted by molar-refractivity contribution is -0.121. The van der Waals surface area contributed by atoms with Crippen molar-refractivity contribution >= 4 is 13.9 Å². The van der Waals surface area contributed by atoms with Gasteiger partial charge in [-0.05, 0) is 25.4 Å². The summed E-state index contributed by atoms with van der Waals surface area (Å²) in [5, 5.41) is 0. The van der Waals surface area contributed by atoms with E-state index in [2.05, 4.69) is 19.6 Å². The van der Waals surface area contributed by atoms with E-state index >= 15 is 0 Å². The van der Waals surface area contributed by atoms with Gasteiger partial charge in [0.1, 0.15) is 12.6 Å². The summed E-state index contributed by atoms with van der Waals surface area (Å²) in [6.07, 6.45) is 4.15. The summed E-state index contributed by atoms with van der Waals surface area (Å²) in [5.74, 6) is 0.277. The van der Waals surface area contributed by atoms with E-state index in [1.165, 1.54) is 0 Å². The van der Waals surface area contributed by atoms with Crippen molar-refractivity contribution < 1.29 is 14.3 Å². The highest BCUT2D eigenvalue weighted by Crippen LogP contribution is 2.07. The second-order valence-corrected chi connectivity index (χ2v) is 11.8. The predicted octanol–water partition coefficient (Wildman–Crippen LogP) is 2.79. The lowest BCUT2D eigenvalue weighted by atomic mass is 10.1. The zero-order valence-electron chi connectivity index (χ0n) is 12.9. The molecule has 0 aliphatic rings. The number of ether oxygens (including phenoxy) is 2. The maximum Gasteiger partial charge on any atom is 0.146 e. The summed E-state index contributed by atoms with van der Waals surface area (Å²) < 4.78 is 10.7. The minimum atomic E-state index is -1.01. The highest BCUT2D eigenvalue weighted by atomic mass is 28.3. The molecule has 114 valence electrons. The largest absolute Gasteiger partial charge is 0.356 e. The Morgan fingerprint density at radius 1 is 1.00 bits per heavy atom. The second kappa shape index (κ2) is 11.6. The molecule has 0 unspecified atom stereocenters. The molecule has 0 bridgehead atoms. The molecule has 5 heteroatoms. The van der Waals surface area contributed by atoms with E-state index < -0.39 is 8.07 Å². The number of ketones is 1. The Balaban J connectivity index is 3.23. The average molecular weight is 289 g/mol. The van der Waals surface area contributed by atoms with Crippen LogP contribution >= 0.6 is 0 Å². The number of nitrogens with two attached hydrogens (primary N) is 1. The van der Waals surface area contributed by atoms with E-state index in [4.69, 9.17) is 15.2 Å². The van der Waals surface area contributed by atoms with Gasteiger partial charge in [-0.3, -0.25) is 4.79 Å². The van der Waals surface area contributed by atoms with Gasteiger partial charge in [-0.2, -0.15) is 0 Å². The molecule has 0 saturated carbocycles. The Morgan fingerprint density at radius 2 is 1.68 bits per heavy atom. The van der Waals surface area contributed by atoms with Crippen molar-refractivity contribution in [2.75, 3.05) is 26.6 Å². The number of unbranched alkanes of at least 4 members (excludes halogenated alkanes) is 2. The van der Waals surface area contributed by atoms with E-state index in [1.807, 2.05) is 0 Å². The monoisotopic (exact) mass is 289 g/mol. The lowest BCUT2D eigenvalue weighted by Gasteiger charge is -2.15. The lowest BCUT2D eigenvalue weighted by Crippen LogP contribution is -2.22. The Labute approximate surface area is 119 Å². The van der Waals surface area contributed by atoms with Crippen LogP contribution in [-0.4, -0.2) is 40.4 Å². The van der Waals surface area contributed by atoms with Gasteiger partial charge in [-0.15, -0.1) is 0 Å². The molecule has 0 spiro atoms. The molecule has 2 N–H and O–H groups in total. The maximum absolute atomic E-state index is 11.5. The first-order valence-corrected chi connectivity index (χ1v) is 11.0. The first-order chi connectivity index (χ1) is 8.95. The van der Waals surface area contributed by atoms with Crippen LogP contribution in [0.15, 0.2) is 0 Å². The molecular formula is C14H31NO3Si. The van der Waals surface area contributed by atoms with Gasteiger partial charge in [0.15, 0.2) is 0 Å². The van der Waals surface area contributed by atoms with Crippen LogP contribution in [0.3, 0.4) is 0 Å². The fraction of sp³-hybridized carbons (Fsp3) is 0.929. The van der Waals surface area contributed by atoms with Crippen LogP contribution in [0.5, 0.6) is 0 Å². The standard InChI is InChI=1S/C14H31NO3Si/c1-19(2,3)12-11-18-13-17-10-8-14(16)7-5-4-6-9-15/h4-13,15H2,1-3H3. The van der Waals surface area contributed by atoms with Gasteiger partial charge in [0.2, 0.25) is 0 Å². The number of carbonyl (C=O) groups is 1. The fourth-order valence-electron chi connectivity index (χ4n) is 1.51. The molecule has 0 heterocycles. The maximum atomic E-state index is 11.5. The highest BCUT2D eigenvalue weighted by Gasteiger charge is 2.11. The van der Waals surface area contributed by atoms with Crippen molar-refractivity contribution in [3.8, 4) is 0 Å². The highest BCUT2D eigenvalue weighted by molar-refractivity contribution is 6.76. The number of hydrogen-bond donors (Lipinski definition) is 1. The SMILES string of the molecule is C[Si](C)(C)CCOCOCCC(=O)CCCCCN. The van der Waals surface area contributed by atoms with E-state index in [0.29, 0.717) is 32.8 Å². The minimum Gasteiger partial charge on any atom is -0.356 e. The first-order valence-electron chi connectivity index (χ1n) is 7.33. The molecule has 0 amide bonds. The zero-order chi connectivity index (χ0) is 14.6. The smallest absolute Gasteiger partial charge is 0.146 e. The van der Waals surface area contributed by atoms with Crippen LogP contribution in [0.1, 0.15) is 32.1 Å². The van der Waals surface area contributed by atoms with Gasteiger partial charge in [-0.25, -0.2) is 0 Å². The van der Waals surface area contributed by atoms with Crippen LogP contribution in [0.2, 0.25) is 25.7 Å². The van der Waals surface area contributed by atoms with Gasteiger partial charge >= 0.3 is 0 Å². The molecule has 0 aromatic heterocycles. The average Bonchev–Trinajstić information content (AvgIpc) is 2.32. The summed E-state index contributed by atoms with van der Waals surface area (Å²) in [6.45, 7) is 9.23. The number of Topliss-reactive ketones (excluding diaryl/α,β-unsaturated/α-hetero) is 1. The van der Waals surface area contributed by atoms with Gasteiger partial charge < -0.3 is 15.2 Å². The molecule has 0 rings (SSSR count). The molecule has 19 heavy (non-hydrogen) atoms. The molecule has 0 aromatic rings. The minimum absolute atomic E-state index is 0.277. The Bertz CT molecular complexity index is 229. The number of hydrogen-bond acceptors (Lipinski definition) is 4. The fourth-order valence-corrected chi connectivity index (χ4v) is 2.27. The Kier molecular flexibility index (Phi) is 11.4. The Morgan fingerprint density at radius 3 is 2.32 bits per heavy atom. The van der Waals surface area contributed by atoms with Crippen LogP contribution in [0, 0.1) is 0 Å². The van der Waals surface area contributed by atoms with E-state index in [-0.39, 0.29) is 5.78 Å². The third kappa shape index (κ3) is 15.7. The Hall–Kier alpha value is -0.233. The van der Waals surface area contributed by atoms with Crippen LogP contribution < -0.4 is 5.73 Å². The van der Waals surface area contributed by atoms with Crippen molar-refractivity contribution in [1.29, 1.82) is 0 Å². The van der Waals surface area contributed by atoms with E-state index in [0.717, 1.165) is 31.9 Å². The number of rotatable bonds is 13. The summed E-state index contributed by atoms with van der Waals surface area (Å²) in [7, 11) is -1.01. The van der Waals surface area contributed by atoms with Gasteiger partial charge in [0.05, 0.1) is 6.61 Å². The van der Waals surface area contributed by atoms with Crippen molar-refractivity contribution in [3.05, 3.63) is 0 Å². The van der Waals surface area contributed by atoms with Crippen molar-refractivity contribution in [1.82, 2.24) is 0 Å². The molecule has 0 saturated heterocycles. The first kappa shape index (κ1) is 18.8. The van der Waals surface area contributed by atoms with Crippen molar-refractivity contribution in [2.24, 2.45) is 5.73 Å². The van der Waals surface area contributed by atoms with Crippen LogP contribution in [0.4, 0.5) is 0 Å². The summed E-state index contributed by atoms with van der Waals surface area (Å²) in [4.78, 5) is 11.5.